The summed E-state index contributed by atoms with van der Waals surface area (Å²) in [7, 11) is 0. The van der Waals surface area contributed by atoms with E-state index >= 15 is 0 Å². The minimum absolute atomic E-state index is 0.142. The van der Waals surface area contributed by atoms with Crippen molar-refractivity contribution in [2.24, 2.45) is 0 Å². The van der Waals surface area contributed by atoms with Crippen LogP contribution >= 0.6 is 0 Å². The molecule has 1 rings (SSSR count). The Labute approximate surface area is 102 Å². The molecule has 0 fully saturated rings. The van der Waals surface area contributed by atoms with E-state index in [0.717, 1.165) is 11.3 Å². The van der Waals surface area contributed by atoms with E-state index in [1.807, 2.05) is 31.2 Å². The van der Waals surface area contributed by atoms with Crippen molar-refractivity contribution < 1.29 is 20.0 Å². The van der Waals surface area contributed by atoms with E-state index in [1.165, 1.54) is 0 Å². The summed E-state index contributed by atoms with van der Waals surface area (Å²) in [5, 5.41) is 0. The maximum atomic E-state index is 11.4. The molecule has 0 aliphatic rings. The maximum Gasteiger partial charge on any atom is 0.312 e. The van der Waals surface area contributed by atoms with E-state index in [1.54, 1.807) is 6.92 Å². The van der Waals surface area contributed by atoms with Gasteiger partial charge >= 0.3 is 5.97 Å². The zero-order chi connectivity index (χ0) is 12.7. The van der Waals surface area contributed by atoms with Crippen molar-refractivity contribution in [3.63, 3.8) is 0 Å². The Balaban J connectivity index is 2.73. The number of benzene rings is 1. The molecule has 0 radical (unpaired) electrons. The molecule has 0 aromatic heterocycles. The van der Waals surface area contributed by atoms with Gasteiger partial charge in [0.25, 0.3) is 0 Å². The van der Waals surface area contributed by atoms with Crippen LogP contribution in [0.2, 0.25) is 0 Å². The number of hydrogen-bond donors (Lipinski definition) is 1. The van der Waals surface area contributed by atoms with Crippen LogP contribution in [0.4, 0.5) is 0 Å². The molecule has 4 heteroatoms. The highest BCUT2D eigenvalue weighted by Crippen LogP contribution is 2.24. The van der Waals surface area contributed by atoms with Crippen molar-refractivity contribution in [1.29, 1.82) is 0 Å². The second kappa shape index (κ2) is 6.91. The molecule has 0 saturated carbocycles. The number of hydrogen-bond acceptors (Lipinski definition) is 3. The highest BCUT2D eigenvalue weighted by atomic mass is 16.5. The fourth-order valence-electron chi connectivity index (χ4n) is 1.64. The van der Waals surface area contributed by atoms with E-state index in [4.69, 9.17) is 9.47 Å². The standard InChI is InChI=1S/C13H19NO3/c1-3-16-12-8-6-5-7-10(12)11(14)9-13(15)17-4-2/h5-8,11H,3-4,9,14H2,1-2H3/p+1/t11-/m1/s1. The minimum atomic E-state index is -0.223. The summed E-state index contributed by atoms with van der Waals surface area (Å²) < 4.78 is 10.4. The highest BCUT2D eigenvalue weighted by molar-refractivity contribution is 5.70. The molecule has 0 heterocycles. The first kappa shape index (κ1) is 13.5. The summed E-state index contributed by atoms with van der Waals surface area (Å²) >= 11 is 0. The molecule has 0 bridgehead atoms. The molecular weight excluding hydrogens is 218 g/mol. The van der Waals surface area contributed by atoms with Crippen molar-refractivity contribution in [1.82, 2.24) is 0 Å². The summed E-state index contributed by atoms with van der Waals surface area (Å²) in [5.41, 5.74) is 4.94. The van der Waals surface area contributed by atoms with Gasteiger partial charge in [-0.2, -0.15) is 0 Å². The van der Waals surface area contributed by atoms with Crippen molar-refractivity contribution >= 4 is 5.97 Å². The van der Waals surface area contributed by atoms with Crippen LogP contribution in [0.3, 0.4) is 0 Å². The number of quaternary nitrogens is 1. The van der Waals surface area contributed by atoms with Crippen LogP contribution in [0.5, 0.6) is 5.75 Å². The summed E-state index contributed by atoms with van der Waals surface area (Å²) in [6.45, 7) is 4.73. The number of para-hydroxylation sites is 1. The number of ether oxygens (including phenoxy) is 2. The van der Waals surface area contributed by atoms with Crippen molar-refractivity contribution in [3.8, 4) is 5.75 Å². The molecule has 1 aromatic carbocycles. The topological polar surface area (TPSA) is 63.2 Å². The van der Waals surface area contributed by atoms with Crippen molar-refractivity contribution in [2.45, 2.75) is 26.3 Å². The molecule has 4 nitrogen and oxygen atoms in total. The molecule has 0 saturated heterocycles. The fraction of sp³-hybridized carbons (Fsp3) is 0.462. The smallest absolute Gasteiger partial charge is 0.312 e. The lowest BCUT2D eigenvalue weighted by molar-refractivity contribution is -0.426. The predicted octanol–water partition coefficient (Wildman–Crippen LogP) is 1.32. The molecule has 1 atom stereocenters. The molecule has 0 amide bonds. The third kappa shape index (κ3) is 4.07. The maximum absolute atomic E-state index is 11.4. The van der Waals surface area contributed by atoms with Crippen LogP contribution in [-0.4, -0.2) is 19.2 Å². The largest absolute Gasteiger partial charge is 0.493 e. The van der Waals surface area contributed by atoms with Gasteiger partial charge in [-0.05, 0) is 26.0 Å². The molecule has 0 spiro atoms. The van der Waals surface area contributed by atoms with E-state index < -0.39 is 0 Å². The van der Waals surface area contributed by atoms with Gasteiger partial charge in [-0.1, -0.05) is 12.1 Å². The molecule has 0 aliphatic heterocycles. The van der Waals surface area contributed by atoms with Crippen LogP contribution in [0.1, 0.15) is 31.9 Å². The fourth-order valence-corrected chi connectivity index (χ4v) is 1.64. The third-order valence-electron chi connectivity index (χ3n) is 2.38. The minimum Gasteiger partial charge on any atom is -0.493 e. The monoisotopic (exact) mass is 238 g/mol. The quantitative estimate of drug-likeness (QED) is 0.760. The first-order valence-corrected chi connectivity index (χ1v) is 5.89. The van der Waals surface area contributed by atoms with Gasteiger partial charge in [0, 0.05) is 0 Å². The number of esters is 1. The Morgan fingerprint density at radius 2 is 2.00 bits per heavy atom. The number of carbonyl (C=O) groups is 1. The summed E-state index contributed by atoms with van der Waals surface area (Å²) in [6.07, 6.45) is 0.276. The zero-order valence-corrected chi connectivity index (χ0v) is 10.4. The molecule has 0 aliphatic carbocycles. The zero-order valence-electron chi connectivity index (χ0n) is 10.4. The van der Waals surface area contributed by atoms with Gasteiger partial charge in [-0.25, -0.2) is 0 Å². The molecule has 0 unspecified atom stereocenters. The lowest BCUT2D eigenvalue weighted by Crippen LogP contribution is -2.54. The first-order valence-electron chi connectivity index (χ1n) is 5.89. The second-order valence-electron chi connectivity index (χ2n) is 3.68. The summed E-state index contributed by atoms with van der Waals surface area (Å²) in [6, 6.07) is 7.51. The van der Waals surface area contributed by atoms with Gasteiger partial charge in [0.2, 0.25) is 0 Å². The Morgan fingerprint density at radius 1 is 1.29 bits per heavy atom. The number of carbonyl (C=O) groups excluding carboxylic acids is 1. The van der Waals surface area contributed by atoms with Crippen molar-refractivity contribution in [3.05, 3.63) is 29.8 Å². The highest BCUT2D eigenvalue weighted by Gasteiger charge is 2.19. The first-order chi connectivity index (χ1) is 8.19. The van der Waals surface area contributed by atoms with Crippen LogP contribution in [0, 0.1) is 0 Å². The van der Waals surface area contributed by atoms with Gasteiger partial charge in [0.15, 0.2) is 0 Å². The van der Waals surface area contributed by atoms with Crippen LogP contribution < -0.4 is 10.5 Å². The van der Waals surface area contributed by atoms with Crippen LogP contribution in [0.25, 0.3) is 0 Å². The lowest BCUT2D eigenvalue weighted by Gasteiger charge is -2.13. The van der Waals surface area contributed by atoms with Gasteiger partial charge < -0.3 is 15.2 Å². The SMILES string of the molecule is CCOC(=O)C[C@@H]([NH3+])c1ccccc1OCC. The Hall–Kier alpha value is -1.55. The lowest BCUT2D eigenvalue weighted by atomic mass is 10.0. The molecule has 17 heavy (non-hydrogen) atoms. The Morgan fingerprint density at radius 3 is 2.65 bits per heavy atom. The molecule has 3 N–H and O–H groups in total. The second-order valence-corrected chi connectivity index (χ2v) is 3.68. The van der Waals surface area contributed by atoms with Gasteiger partial charge in [0.05, 0.1) is 18.8 Å². The van der Waals surface area contributed by atoms with E-state index in [9.17, 15) is 4.79 Å². The van der Waals surface area contributed by atoms with E-state index in [-0.39, 0.29) is 18.4 Å². The predicted molar refractivity (Wildman–Crippen MR) is 64.5 cm³/mol. The summed E-state index contributed by atoms with van der Waals surface area (Å²) in [4.78, 5) is 11.4. The normalized spacial score (nSPS) is 11.9. The van der Waals surface area contributed by atoms with E-state index in [2.05, 4.69) is 5.73 Å². The Kier molecular flexibility index (Phi) is 5.49. The molecular formula is C13H20NO3+. The molecule has 94 valence electrons. The average Bonchev–Trinajstić information content (AvgIpc) is 2.30. The van der Waals surface area contributed by atoms with Crippen molar-refractivity contribution in [2.75, 3.05) is 13.2 Å². The average molecular weight is 238 g/mol. The molecule has 1 aromatic rings. The van der Waals surface area contributed by atoms with Crippen LogP contribution in [0.15, 0.2) is 24.3 Å². The van der Waals surface area contributed by atoms with E-state index in [0.29, 0.717) is 13.2 Å². The Bertz CT molecular complexity index is 365. The van der Waals surface area contributed by atoms with Gasteiger partial charge in [-0.3, -0.25) is 4.79 Å². The van der Waals surface area contributed by atoms with Crippen LogP contribution in [-0.2, 0) is 9.53 Å². The number of rotatable bonds is 6. The summed E-state index contributed by atoms with van der Waals surface area (Å²) in [5.74, 6) is 0.568. The van der Waals surface area contributed by atoms with Gasteiger partial charge in [-0.15, -0.1) is 0 Å². The van der Waals surface area contributed by atoms with Gasteiger partial charge in [0.1, 0.15) is 18.2 Å². The third-order valence-corrected chi connectivity index (χ3v) is 2.38.